The van der Waals surface area contributed by atoms with E-state index in [2.05, 4.69) is 90.2 Å². The molecule has 6 fully saturated rings. The third-order valence-electron chi connectivity index (χ3n) is 19.2. The van der Waals surface area contributed by atoms with Gasteiger partial charge in [0.25, 0.3) is 0 Å². The molecule has 18 rings (SSSR count). The number of carbonyl (C=O) groups is 6. The highest BCUT2D eigenvalue weighted by Gasteiger charge is 2.29. The Labute approximate surface area is 804 Å². The van der Waals surface area contributed by atoms with E-state index >= 15 is 0 Å². The van der Waals surface area contributed by atoms with Crippen LogP contribution in [0.1, 0.15) is 133 Å². The van der Waals surface area contributed by atoms with Gasteiger partial charge in [-0.15, -0.1) is 0 Å². The fourth-order valence-electron chi connectivity index (χ4n) is 13.3. The maximum absolute atomic E-state index is 11.4. The zero-order valence-electron chi connectivity index (χ0n) is 117. The first kappa shape index (κ1) is 48.0. The lowest BCUT2D eigenvalue weighted by Gasteiger charge is -2.09. The zero-order chi connectivity index (χ0) is 131. The number of amides is 6. The number of aromatic nitrogens is 6. The molecule has 6 aromatic heterocycles. The quantitative estimate of drug-likeness (QED) is 0.0186. The third kappa shape index (κ3) is 26.5. The summed E-state index contributed by atoms with van der Waals surface area (Å²) in [5.41, 5.74) is 9.32. The number of fused-ring (bicyclic) bond motifs is 6. The maximum atomic E-state index is 11.4. The second-order valence-electron chi connectivity index (χ2n) is 29.5. The molecule has 0 radical (unpaired) electrons. The molecule has 30 heteroatoms. The maximum Gasteiger partial charge on any atom is 0.407 e. The molecule has 6 aromatic carbocycles. The van der Waals surface area contributed by atoms with Crippen LogP contribution in [0.25, 0.3) is 65.4 Å². The number of nitrogens with one attached hydrogen (secondary N) is 12. The van der Waals surface area contributed by atoms with Crippen LogP contribution < -0.4 is 31.9 Å². The molecule has 0 saturated carbocycles. The van der Waals surface area contributed by atoms with Crippen LogP contribution in [0.5, 0.6) is 0 Å². The Balaban J connectivity index is 0.000000171. The Morgan fingerprint density at radius 2 is 0.508 bits per heavy atom. The molecule has 0 bridgehead atoms. The van der Waals surface area contributed by atoms with Crippen LogP contribution in [-0.2, 0) is 105 Å². The van der Waals surface area contributed by atoms with Crippen molar-refractivity contribution in [1.82, 2.24) is 91.2 Å². The molecule has 0 aliphatic carbocycles. The van der Waals surface area contributed by atoms with Crippen LogP contribution in [0, 0.1) is 0 Å². The van der Waals surface area contributed by atoms with Gasteiger partial charge in [0.2, 0.25) is 0 Å². The van der Waals surface area contributed by atoms with E-state index in [1.54, 1.807) is 155 Å². The van der Waals surface area contributed by atoms with Crippen LogP contribution >= 0.6 is 0 Å². The van der Waals surface area contributed by atoms with Crippen molar-refractivity contribution in [3.8, 4) is 0 Å². The average Bonchev–Trinajstić information content (AvgIpc) is 1.64. The van der Waals surface area contributed by atoms with Crippen molar-refractivity contribution in [2.45, 2.75) is 113 Å². The number of hydrogen-bond donors (Lipinski definition) is 12. The number of nitrogens with zero attached hydrogens (tertiary/aromatic N) is 6. The SMILES string of the molecule is [2H]C([2H])(CN(C([2H])([2H])[2H])C([2H])([2H])[2H])c1c[nH]c2ccc(C[C@]3([2H])NC(=O)OC3([2H])[2H])cc12.[2H]C([2H])(CN(C)C([2H])([2H])[2H])c1c[nH]c2ccc(C[C@]3([2H])NC(=O)OC3([2H])[2H])cc12.[2H]C([2H])(CN(C)C)c1c[nH]c2ccc(C[C@]3([2H])NC(=O)OC3([2H])[2H])cc12.[2H]C([2H])(Cc1c[nH]c2ccc(C[C@]3([2H])NC(=O)OC3([2H])[2H])cc12)N(C)C.[2H]C([2H])([2H])N(C([2H])([2H])[2H])C([2H])([2H])Cc1c[nH]c2ccc(C[C@]3([2H])NC(=O)OC3([2H])[2H])cc12.[2H]C([2H])([2H])N(C)C([2H])([2H])Cc1c[nH]c2ccc(C[C@]3([2H])NC(=O)OC3([2H])[2H])cc12. The van der Waals surface area contributed by atoms with E-state index in [9.17, 15) is 28.8 Å². The average molecular weight is 1770 g/mol. The van der Waals surface area contributed by atoms with Gasteiger partial charge in [-0.3, -0.25) is 0 Å². The smallest absolute Gasteiger partial charge is 0.407 e. The second-order valence-corrected chi connectivity index (χ2v) is 29.5. The second kappa shape index (κ2) is 43.7. The summed E-state index contributed by atoms with van der Waals surface area (Å²) in [4.78, 5) is 91.2. The fourth-order valence-corrected chi connectivity index (χ4v) is 13.3. The van der Waals surface area contributed by atoms with Crippen LogP contribution in [0.2, 0.25) is 0 Å². The first-order valence-electron chi connectivity index (χ1n) is 62.9. The van der Waals surface area contributed by atoms with E-state index in [0.717, 1.165) is 26.9 Å². The summed E-state index contributed by atoms with van der Waals surface area (Å²) >= 11 is 0. The van der Waals surface area contributed by atoms with Crippen molar-refractivity contribution in [3.63, 3.8) is 0 Å². The van der Waals surface area contributed by atoms with Crippen molar-refractivity contribution < 1.29 is 123 Å². The van der Waals surface area contributed by atoms with Gasteiger partial charge in [0, 0.05) is 183 Å². The lowest BCUT2D eigenvalue weighted by Crippen LogP contribution is -2.28. The van der Waals surface area contributed by atoms with Crippen molar-refractivity contribution in [1.29, 1.82) is 0 Å². The molecular formula is C96H126N18O12. The number of H-pyrrole nitrogens is 6. The minimum Gasteiger partial charge on any atom is -0.447 e. The van der Waals surface area contributed by atoms with E-state index < -0.39 is 205 Å². The van der Waals surface area contributed by atoms with Gasteiger partial charge in [-0.1, -0.05) is 36.4 Å². The normalized spacial score (nSPS) is 31.0. The minimum absolute atomic E-state index is 0.00148. The van der Waals surface area contributed by atoms with Crippen LogP contribution in [0.15, 0.2) is 146 Å². The van der Waals surface area contributed by atoms with E-state index in [-0.39, 0.29) is 85.4 Å². The van der Waals surface area contributed by atoms with Gasteiger partial charge in [-0.2, -0.15) is 0 Å². The highest BCUT2D eigenvalue weighted by Crippen LogP contribution is 2.29. The van der Waals surface area contributed by atoms with Crippen molar-refractivity contribution in [3.05, 3.63) is 213 Å². The molecule has 6 aliphatic rings. The summed E-state index contributed by atoms with van der Waals surface area (Å²) in [6.45, 7) is -40.2. The van der Waals surface area contributed by atoms with Crippen molar-refractivity contribution >= 4 is 102 Å². The number of cyclic esters (lactones) is 6. The van der Waals surface area contributed by atoms with Gasteiger partial charge in [0.15, 0.2) is 0 Å². The van der Waals surface area contributed by atoms with Gasteiger partial charge in [-0.25, -0.2) is 28.8 Å². The Kier molecular flexibility index (Phi) is 16.7. The number of benzene rings is 6. The molecule has 672 valence electrons. The Hall–Kier alpha value is -12.1. The Morgan fingerprint density at radius 3 is 0.730 bits per heavy atom. The number of rotatable bonds is 30. The highest BCUT2D eigenvalue weighted by atomic mass is 16.6. The van der Waals surface area contributed by atoms with Crippen LogP contribution in [-0.4, -0.2) is 295 Å². The summed E-state index contributed by atoms with van der Waals surface area (Å²) in [6, 6.07) is 17.7. The summed E-state index contributed by atoms with van der Waals surface area (Å²) < 4.78 is 404. The largest absolute Gasteiger partial charge is 0.447 e. The monoisotopic (exact) mass is 1770 g/mol. The summed E-state index contributed by atoms with van der Waals surface area (Å²) in [7, 11) is 9.46. The molecule has 6 aliphatic heterocycles. The van der Waals surface area contributed by atoms with Gasteiger partial charge >= 0.3 is 36.6 Å². The summed E-state index contributed by atoms with van der Waals surface area (Å²) in [5.74, 6) is 0. The molecule has 0 unspecified atom stereocenters. The number of aryl methyl sites for hydroxylation is 3. The van der Waals surface area contributed by atoms with Crippen LogP contribution in [0.3, 0.4) is 0 Å². The Morgan fingerprint density at radius 1 is 0.294 bits per heavy atom. The van der Waals surface area contributed by atoms with E-state index in [0.29, 0.717) is 104 Å². The lowest BCUT2D eigenvalue weighted by atomic mass is 10.0. The summed E-state index contributed by atoms with van der Waals surface area (Å²) in [6.07, 6.45) is -4.56. The molecule has 6 amide bonds. The van der Waals surface area contributed by atoms with Gasteiger partial charge in [0.1, 0.15) is 39.4 Å². The predicted octanol–water partition coefficient (Wildman–Crippen LogP) is 11.5. The number of hydrogen-bond acceptors (Lipinski definition) is 18. The van der Waals surface area contributed by atoms with E-state index in [4.69, 9.17) is 65.8 Å². The molecule has 0 spiro atoms. The number of carbonyl (C=O) groups excluding carboxylic acids is 6. The van der Waals surface area contributed by atoms with E-state index in [1.165, 1.54) is 43.7 Å². The van der Waals surface area contributed by atoms with Gasteiger partial charge < -0.3 is 120 Å². The first-order chi connectivity index (χ1) is 78.9. The standard InChI is InChI=1S/6C16H21N3O2/c6*1-19(2)6-5-12-9-17-15-4-3-11(8-14(12)15)7-13-10-21-16(20)18-13/h6*3-4,8-9,13,17H,5-7,10H2,1-2H3,(H,18,20)/t6*13-/m000000/s1/i1D3,2D3,6D2,10D2,13D;1D3,2D3,5D2,10D2,13D;1D3,6D2,10D2,13D;1D3,5D2,10D2,13D;6D2,10D2,13D;5D2,10D2,13D. The van der Waals surface area contributed by atoms with Gasteiger partial charge in [-0.05, 0) is 301 Å². The number of likely N-dealkylation sites (N-methyl/N-ethyl adjacent to an activating group) is 6. The topological polar surface area (TPSA) is 344 Å². The van der Waals surface area contributed by atoms with Crippen LogP contribution in [0.4, 0.5) is 28.8 Å². The van der Waals surface area contributed by atoms with E-state index in [1.807, 2.05) is 0 Å². The van der Waals surface area contributed by atoms with Gasteiger partial charge in [0.05, 0.1) is 60.8 Å². The molecular weight excluding hydrogens is 1600 g/mol. The highest BCUT2D eigenvalue weighted by molar-refractivity contribution is 5.88. The fraction of sp³-hybridized carbons (Fsp3) is 0.438. The zero-order valence-corrected chi connectivity index (χ0v) is 68.9. The Bertz CT molecular complexity index is 7980. The third-order valence-corrected chi connectivity index (χ3v) is 19.2. The first-order valence-corrected chi connectivity index (χ1v) is 38.9. The minimum atomic E-state index is -3.21. The molecule has 6 saturated heterocycles. The molecule has 12 N–H and O–H groups in total. The number of alkyl carbamates (subject to hydrolysis) is 6. The molecule has 6 atom stereocenters. The molecule has 12 heterocycles. The lowest BCUT2D eigenvalue weighted by molar-refractivity contribution is 0.176. The summed E-state index contributed by atoms with van der Waals surface area (Å²) in [5, 5.41) is 16.4. The van der Waals surface area contributed by atoms with Crippen molar-refractivity contribution in [2.75, 3.05) is 163 Å². The molecule has 126 heavy (non-hydrogen) atoms. The number of ether oxygens (including phenoxy) is 6. The van der Waals surface area contributed by atoms with Crippen molar-refractivity contribution in [2.24, 2.45) is 0 Å². The number of aromatic amines is 6. The predicted molar refractivity (Wildman–Crippen MR) is 495 cm³/mol. The molecule has 30 nitrogen and oxygen atoms in total. The molecule has 12 aromatic rings.